The van der Waals surface area contributed by atoms with E-state index in [1.807, 2.05) is 12.1 Å². The molecule has 0 amide bonds. The van der Waals surface area contributed by atoms with E-state index in [4.69, 9.17) is 4.74 Å². The number of esters is 1. The second kappa shape index (κ2) is 6.79. The molecule has 0 fully saturated rings. The minimum absolute atomic E-state index is 0.283. The molecule has 0 aliphatic rings. The average molecular weight is 326 g/mol. The van der Waals surface area contributed by atoms with Crippen molar-refractivity contribution >= 4 is 16.7 Å². The zero-order valence-electron chi connectivity index (χ0n) is 13.2. The lowest BCUT2D eigenvalue weighted by atomic mass is 10.1. The van der Waals surface area contributed by atoms with Crippen molar-refractivity contribution in [3.05, 3.63) is 77.4 Å². The first kappa shape index (κ1) is 16.1. The number of rotatable bonds is 4. The van der Waals surface area contributed by atoms with Gasteiger partial charge in [0.05, 0.1) is 5.56 Å². The van der Waals surface area contributed by atoms with Gasteiger partial charge in [-0.25, -0.2) is 13.6 Å². The molecule has 0 unspecified atom stereocenters. The van der Waals surface area contributed by atoms with Crippen molar-refractivity contribution in [3.8, 4) is 5.75 Å². The van der Waals surface area contributed by atoms with E-state index >= 15 is 0 Å². The summed E-state index contributed by atoms with van der Waals surface area (Å²) in [5.41, 5.74) is 1.46. The summed E-state index contributed by atoms with van der Waals surface area (Å²) < 4.78 is 31.9. The lowest BCUT2D eigenvalue weighted by Gasteiger charge is -2.07. The van der Waals surface area contributed by atoms with Crippen LogP contribution in [0.1, 0.15) is 29.3 Å². The summed E-state index contributed by atoms with van der Waals surface area (Å²) in [5, 5.41) is 0.969. The number of hydrogen-bond acceptors (Lipinski definition) is 2. The van der Waals surface area contributed by atoms with Gasteiger partial charge < -0.3 is 4.74 Å². The van der Waals surface area contributed by atoms with Crippen LogP contribution in [0.2, 0.25) is 0 Å². The lowest BCUT2D eigenvalue weighted by Crippen LogP contribution is -2.08. The molecule has 2 nitrogen and oxygen atoms in total. The summed E-state index contributed by atoms with van der Waals surface area (Å²) in [5.74, 6) is -1.94. The van der Waals surface area contributed by atoms with Crippen LogP contribution in [0, 0.1) is 11.6 Å². The molecule has 0 saturated heterocycles. The molecule has 0 aliphatic heterocycles. The summed E-state index contributed by atoms with van der Waals surface area (Å²) in [4.78, 5) is 12.2. The maximum absolute atomic E-state index is 13.3. The first-order chi connectivity index (χ1) is 11.6. The van der Waals surface area contributed by atoms with E-state index in [9.17, 15) is 13.6 Å². The van der Waals surface area contributed by atoms with E-state index in [0.29, 0.717) is 16.5 Å². The van der Waals surface area contributed by atoms with Gasteiger partial charge in [0.1, 0.15) is 5.75 Å². The summed E-state index contributed by atoms with van der Waals surface area (Å²) in [6, 6.07) is 14.1. The SMILES string of the molecule is CCCc1ccc(OC(=O)c2ccc3cc(F)c(F)cc3c2)cc1. The fraction of sp³-hybridized carbons (Fsp3) is 0.150. The van der Waals surface area contributed by atoms with E-state index in [1.165, 1.54) is 17.7 Å². The van der Waals surface area contributed by atoms with Crippen molar-refractivity contribution in [1.82, 2.24) is 0 Å². The van der Waals surface area contributed by atoms with Crippen LogP contribution in [-0.2, 0) is 6.42 Å². The molecular formula is C20H16F2O2. The highest BCUT2D eigenvalue weighted by molar-refractivity contribution is 5.96. The minimum atomic E-state index is -0.945. The van der Waals surface area contributed by atoms with Gasteiger partial charge in [-0.2, -0.15) is 0 Å². The maximum atomic E-state index is 13.3. The van der Waals surface area contributed by atoms with Crippen LogP contribution < -0.4 is 4.74 Å². The number of aryl methyl sites for hydroxylation is 1. The third-order valence-corrected chi connectivity index (χ3v) is 3.79. The topological polar surface area (TPSA) is 26.3 Å². The number of fused-ring (bicyclic) bond motifs is 1. The number of halogens is 2. The first-order valence-electron chi connectivity index (χ1n) is 7.77. The Morgan fingerprint density at radius 3 is 2.25 bits per heavy atom. The Balaban J connectivity index is 1.81. The number of benzene rings is 3. The van der Waals surface area contributed by atoms with Crippen LogP contribution in [-0.4, -0.2) is 5.97 Å². The van der Waals surface area contributed by atoms with Crippen LogP contribution >= 0.6 is 0 Å². The number of carbonyl (C=O) groups is 1. The van der Waals surface area contributed by atoms with Gasteiger partial charge in [-0.1, -0.05) is 31.5 Å². The molecule has 0 heterocycles. The Hall–Kier alpha value is -2.75. The monoisotopic (exact) mass is 326 g/mol. The normalized spacial score (nSPS) is 10.8. The zero-order chi connectivity index (χ0) is 17.1. The predicted molar refractivity (Wildman–Crippen MR) is 89.3 cm³/mol. The van der Waals surface area contributed by atoms with Crippen molar-refractivity contribution < 1.29 is 18.3 Å². The van der Waals surface area contributed by atoms with Crippen molar-refractivity contribution in [2.24, 2.45) is 0 Å². The third kappa shape index (κ3) is 3.43. The molecule has 3 rings (SSSR count). The van der Waals surface area contributed by atoms with Crippen molar-refractivity contribution in [2.45, 2.75) is 19.8 Å². The van der Waals surface area contributed by atoms with Crippen molar-refractivity contribution in [3.63, 3.8) is 0 Å². The molecule has 122 valence electrons. The van der Waals surface area contributed by atoms with Crippen molar-refractivity contribution in [1.29, 1.82) is 0 Å². The summed E-state index contributed by atoms with van der Waals surface area (Å²) in [6.07, 6.45) is 2.02. The smallest absolute Gasteiger partial charge is 0.343 e. The Morgan fingerprint density at radius 1 is 0.917 bits per heavy atom. The highest BCUT2D eigenvalue weighted by Gasteiger charge is 2.11. The Bertz CT molecular complexity index is 886. The average Bonchev–Trinajstić information content (AvgIpc) is 2.57. The molecular weight excluding hydrogens is 310 g/mol. The Morgan fingerprint density at radius 2 is 1.58 bits per heavy atom. The third-order valence-electron chi connectivity index (χ3n) is 3.79. The fourth-order valence-electron chi connectivity index (χ4n) is 2.55. The van der Waals surface area contributed by atoms with Gasteiger partial charge in [0.25, 0.3) is 0 Å². The lowest BCUT2D eigenvalue weighted by molar-refractivity contribution is 0.0735. The Kier molecular flexibility index (Phi) is 4.56. The minimum Gasteiger partial charge on any atom is -0.423 e. The van der Waals surface area contributed by atoms with Gasteiger partial charge in [0.2, 0.25) is 0 Å². The molecule has 0 radical (unpaired) electrons. The van der Waals surface area contributed by atoms with Gasteiger partial charge in [-0.3, -0.25) is 0 Å². The van der Waals surface area contributed by atoms with Gasteiger partial charge >= 0.3 is 5.97 Å². The second-order valence-corrected chi connectivity index (χ2v) is 5.61. The largest absolute Gasteiger partial charge is 0.423 e. The molecule has 3 aromatic rings. The number of ether oxygens (including phenoxy) is 1. The number of hydrogen-bond donors (Lipinski definition) is 0. The maximum Gasteiger partial charge on any atom is 0.343 e. The molecule has 0 aromatic heterocycles. The quantitative estimate of drug-likeness (QED) is 0.481. The highest BCUT2D eigenvalue weighted by Crippen LogP contribution is 2.21. The molecule has 24 heavy (non-hydrogen) atoms. The molecule has 0 saturated carbocycles. The van der Waals surface area contributed by atoms with E-state index in [-0.39, 0.29) is 5.56 Å². The molecule has 4 heteroatoms. The summed E-state index contributed by atoms with van der Waals surface area (Å²) in [7, 11) is 0. The van der Waals surface area contributed by atoms with Crippen LogP contribution in [0.4, 0.5) is 8.78 Å². The molecule has 0 aliphatic carbocycles. The van der Waals surface area contributed by atoms with Gasteiger partial charge in [0, 0.05) is 0 Å². The molecule has 0 atom stereocenters. The standard InChI is InChI=1S/C20H16F2O2/c1-2-3-13-4-8-17(9-5-13)24-20(23)15-7-6-14-11-18(21)19(22)12-16(14)10-15/h4-12H,2-3H2,1H3. The highest BCUT2D eigenvalue weighted by atomic mass is 19.2. The van der Waals surface area contributed by atoms with E-state index in [0.717, 1.165) is 25.0 Å². The van der Waals surface area contributed by atoms with E-state index in [2.05, 4.69) is 6.92 Å². The Labute approximate surface area is 138 Å². The number of carbonyl (C=O) groups excluding carboxylic acids is 1. The van der Waals surface area contributed by atoms with Crippen LogP contribution in [0.5, 0.6) is 5.75 Å². The van der Waals surface area contributed by atoms with Gasteiger partial charge in [0.15, 0.2) is 11.6 Å². The van der Waals surface area contributed by atoms with Crippen molar-refractivity contribution in [2.75, 3.05) is 0 Å². The molecule has 0 spiro atoms. The van der Waals surface area contributed by atoms with Gasteiger partial charge in [-0.15, -0.1) is 0 Å². The van der Waals surface area contributed by atoms with Crippen LogP contribution in [0.15, 0.2) is 54.6 Å². The molecule has 3 aromatic carbocycles. The predicted octanol–water partition coefficient (Wildman–Crippen LogP) is 5.29. The van der Waals surface area contributed by atoms with Crippen LogP contribution in [0.25, 0.3) is 10.8 Å². The second-order valence-electron chi connectivity index (χ2n) is 5.61. The molecule has 0 N–H and O–H groups in total. The van der Waals surface area contributed by atoms with Gasteiger partial charge in [-0.05, 0) is 59.2 Å². The fourth-order valence-corrected chi connectivity index (χ4v) is 2.55. The summed E-state index contributed by atoms with van der Waals surface area (Å²) in [6.45, 7) is 2.10. The summed E-state index contributed by atoms with van der Waals surface area (Å²) >= 11 is 0. The van der Waals surface area contributed by atoms with E-state index in [1.54, 1.807) is 18.2 Å². The molecule has 0 bridgehead atoms. The first-order valence-corrected chi connectivity index (χ1v) is 7.77. The van der Waals surface area contributed by atoms with Crippen LogP contribution in [0.3, 0.4) is 0 Å². The van der Waals surface area contributed by atoms with E-state index < -0.39 is 17.6 Å². The zero-order valence-corrected chi connectivity index (χ0v) is 13.2.